The number of rotatable bonds is 4. The zero-order valence-corrected chi connectivity index (χ0v) is 10.6. The van der Waals surface area contributed by atoms with Gasteiger partial charge >= 0.3 is 0 Å². The summed E-state index contributed by atoms with van der Waals surface area (Å²) in [6, 6.07) is 8.84. The van der Waals surface area contributed by atoms with Gasteiger partial charge in [0.25, 0.3) is 0 Å². The van der Waals surface area contributed by atoms with Crippen LogP contribution in [-0.4, -0.2) is 19.3 Å². The standard InChI is InChI=1S/C14H16O4/c1-9-4-7-12(18-9)14(15)11-6-5-10(16-2)8-13(11)17-3/h4-8,14-15H,1-3H3. The minimum Gasteiger partial charge on any atom is -0.497 e. The Balaban J connectivity index is 2.38. The van der Waals surface area contributed by atoms with E-state index in [2.05, 4.69) is 0 Å². The lowest BCUT2D eigenvalue weighted by Crippen LogP contribution is -2.01. The molecule has 1 N–H and O–H groups in total. The van der Waals surface area contributed by atoms with E-state index in [0.717, 1.165) is 5.76 Å². The lowest BCUT2D eigenvalue weighted by Gasteiger charge is -2.14. The van der Waals surface area contributed by atoms with Crippen LogP contribution in [0.2, 0.25) is 0 Å². The van der Waals surface area contributed by atoms with E-state index >= 15 is 0 Å². The lowest BCUT2D eigenvalue weighted by atomic mass is 10.1. The fourth-order valence-electron chi connectivity index (χ4n) is 1.80. The molecule has 0 aliphatic rings. The molecule has 4 heteroatoms. The molecule has 0 amide bonds. The summed E-state index contributed by atoms with van der Waals surface area (Å²) in [5.74, 6) is 2.50. The Kier molecular flexibility index (Phi) is 3.58. The van der Waals surface area contributed by atoms with Gasteiger partial charge in [0, 0.05) is 11.6 Å². The summed E-state index contributed by atoms with van der Waals surface area (Å²) in [5.41, 5.74) is 0.646. The molecule has 0 spiro atoms. The molecule has 2 aromatic rings. The maximum atomic E-state index is 10.3. The van der Waals surface area contributed by atoms with Gasteiger partial charge in [-0.15, -0.1) is 0 Å². The van der Waals surface area contributed by atoms with E-state index in [0.29, 0.717) is 22.8 Å². The predicted molar refractivity (Wildman–Crippen MR) is 67.1 cm³/mol. The molecule has 1 unspecified atom stereocenters. The van der Waals surface area contributed by atoms with E-state index in [1.165, 1.54) is 0 Å². The van der Waals surface area contributed by atoms with E-state index < -0.39 is 6.10 Å². The molecular weight excluding hydrogens is 232 g/mol. The number of aliphatic hydroxyl groups is 1. The predicted octanol–water partition coefficient (Wildman–Crippen LogP) is 2.69. The van der Waals surface area contributed by atoms with Gasteiger partial charge in [-0.1, -0.05) is 0 Å². The molecule has 1 aromatic heterocycles. The van der Waals surface area contributed by atoms with Gasteiger partial charge in [-0.2, -0.15) is 0 Å². The molecule has 18 heavy (non-hydrogen) atoms. The number of aryl methyl sites for hydroxylation is 1. The van der Waals surface area contributed by atoms with Crippen LogP contribution in [0.15, 0.2) is 34.7 Å². The van der Waals surface area contributed by atoms with Crippen molar-refractivity contribution in [2.45, 2.75) is 13.0 Å². The first-order chi connectivity index (χ1) is 8.65. The molecule has 0 saturated carbocycles. The van der Waals surface area contributed by atoms with E-state index in [1.807, 2.05) is 13.0 Å². The number of ether oxygens (including phenoxy) is 2. The van der Waals surface area contributed by atoms with E-state index in [4.69, 9.17) is 13.9 Å². The molecule has 0 aliphatic carbocycles. The van der Waals surface area contributed by atoms with Crippen LogP contribution < -0.4 is 9.47 Å². The highest BCUT2D eigenvalue weighted by molar-refractivity contribution is 5.44. The van der Waals surface area contributed by atoms with Crippen LogP contribution in [0.5, 0.6) is 11.5 Å². The maximum Gasteiger partial charge on any atom is 0.140 e. The van der Waals surface area contributed by atoms with Gasteiger partial charge in [0.15, 0.2) is 0 Å². The fraction of sp³-hybridized carbons (Fsp3) is 0.286. The van der Waals surface area contributed by atoms with Crippen molar-refractivity contribution < 1.29 is 19.0 Å². The summed E-state index contributed by atoms with van der Waals surface area (Å²) in [7, 11) is 3.14. The van der Waals surface area contributed by atoms with Crippen molar-refractivity contribution in [3.05, 3.63) is 47.4 Å². The van der Waals surface area contributed by atoms with Crippen molar-refractivity contribution in [1.82, 2.24) is 0 Å². The van der Waals surface area contributed by atoms with Gasteiger partial charge in [-0.05, 0) is 31.2 Å². The quantitative estimate of drug-likeness (QED) is 0.903. The average Bonchev–Trinajstić information content (AvgIpc) is 2.83. The number of furan rings is 1. The second-order valence-corrected chi connectivity index (χ2v) is 3.96. The summed E-state index contributed by atoms with van der Waals surface area (Å²) in [6.07, 6.45) is -0.848. The Morgan fingerprint density at radius 2 is 1.89 bits per heavy atom. The normalized spacial score (nSPS) is 12.2. The SMILES string of the molecule is COc1ccc(C(O)c2ccc(C)o2)c(OC)c1. The molecule has 0 radical (unpaired) electrons. The van der Waals surface area contributed by atoms with Crippen molar-refractivity contribution >= 4 is 0 Å². The van der Waals surface area contributed by atoms with Crippen LogP contribution in [0.1, 0.15) is 23.2 Å². The van der Waals surface area contributed by atoms with Crippen molar-refractivity contribution in [3.8, 4) is 11.5 Å². The van der Waals surface area contributed by atoms with Gasteiger partial charge < -0.3 is 19.0 Å². The van der Waals surface area contributed by atoms with Gasteiger partial charge in [-0.25, -0.2) is 0 Å². The monoisotopic (exact) mass is 248 g/mol. The fourth-order valence-corrected chi connectivity index (χ4v) is 1.80. The van der Waals surface area contributed by atoms with Crippen LogP contribution >= 0.6 is 0 Å². The Hall–Kier alpha value is -1.94. The highest BCUT2D eigenvalue weighted by Gasteiger charge is 2.18. The molecule has 1 aromatic carbocycles. The topological polar surface area (TPSA) is 51.8 Å². The zero-order valence-electron chi connectivity index (χ0n) is 10.6. The van der Waals surface area contributed by atoms with Crippen molar-refractivity contribution in [2.75, 3.05) is 14.2 Å². The Morgan fingerprint density at radius 3 is 2.44 bits per heavy atom. The number of hydrogen-bond donors (Lipinski definition) is 1. The van der Waals surface area contributed by atoms with Crippen LogP contribution in [0.25, 0.3) is 0 Å². The second kappa shape index (κ2) is 5.14. The Morgan fingerprint density at radius 1 is 1.11 bits per heavy atom. The van der Waals surface area contributed by atoms with Crippen LogP contribution in [0.3, 0.4) is 0 Å². The molecular formula is C14H16O4. The first-order valence-electron chi connectivity index (χ1n) is 5.62. The lowest BCUT2D eigenvalue weighted by molar-refractivity contribution is 0.183. The molecule has 0 aliphatic heterocycles. The number of hydrogen-bond acceptors (Lipinski definition) is 4. The third-order valence-electron chi connectivity index (χ3n) is 2.77. The van der Waals surface area contributed by atoms with Gasteiger partial charge in [0.2, 0.25) is 0 Å². The van der Waals surface area contributed by atoms with E-state index in [-0.39, 0.29) is 0 Å². The number of benzene rings is 1. The number of aliphatic hydroxyl groups excluding tert-OH is 1. The summed E-state index contributed by atoms with van der Waals surface area (Å²) < 4.78 is 15.8. The van der Waals surface area contributed by atoms with Crippen LogP contribution in [0, 0.1) is 6.92 Å². The number of methoxy groups -OCH3 is 2. The summed E-state index contributed by atoms with van der Waals surface area (Å²) in [5, 5.41) is 10.3. The zero-order chi connectivity index (χ0) is 13.1. The molecule has 0 saturated heterocycles. The second-order valence-electron chi connectivity index (χ2n) is 3.96. The molecule has 2 rings (SSSR count). The minimum atomic E-state index is -0.848. The summed E-state index contributed by atoms with van der Waals surface area (Å²) >= 11 is 0. The van der Waals surface area contributed by atoms with Crippen LogP contribution in [-0.2, 0) is 0 Å². The van der Waals surface area contributed by atoms with Gasteiger partial charge in [0.1, 0.15) is 29.1 Å². The van der Waals surface area contributed by atoms with E-state index in [1.54, 1.807) is 38.5 Å². The molecule has 1 heterocycles. The van der Waals surface area contributed by atoms with Gasteiger partial charge in [-0.3, -0.25) is 0 Å². The Labute approximate surface area is 106 Å². The van der Waals surface area contributed by atoms with E-state index in [9.17, 15) is 5.11 Å². The molecule has 4 nitrogen and oxygen atoms in total. The van der Waals surface area contributed by atoms with Crippen molar-refractivity contribution in [2.24, 2.45) is 0 Å². The van der Waals surface area contributed by atoms with Crippen molar-refractivity contribution in [1.29, 1.82) is 0 Å². The Bertz CT molecular complexity index is 530. The first-order valence-corrected chi connectivity index (χ1v) is 5.62. The maximum absolute atomic E-state index is 10.3. The highest BCUT2D eigenvalue weighted by atomic mass is 16.5. The molecule has 0 fully saturated rings. The first kappa shape index (κ1) is 12.5. The summed E-state index contributed by atoms with van der Waals surface area (Å²) in [4.78, 5) is 0. The highest BCUT2D eigenvalue weighted by Crippen LogP contribution is 2.33. The third-order valence-corrected chi connectivity index (χ3v) is 2.77. The smallest absolute Gasteiger partial charge is 0.140 e. The van der Waals surface area contributed by atoms with Gasteiger partial charge in [0.05, 0.1) is 14.2 Å². The summed E-state index contributed by atoms with van der Waals surface area (Å²) in [6.45, 7) is 1.83. The average molecular weight is 248 g/mol. The third kappa shape index (κ3) is 2.33. The van der Waals surface area contributed by atoms with Crippen molar-refractivity contribution in [3.63, 3.8) is 0 Å². The minimum absolute atomic E-state index is 0.496. The molecule has 0 bridgehead atoms. The molecule has 96 valence electrons. The molecule has 1 atom stereocenters. The largest absolute Gasteiger partial charge is 0.497 e. The van der Waals surface area contributed by atoms with Crippen LogP contribution in [0.4, 0.5) is 0 Å².